The van der Waals surface area contributed by atoms with Crippen LogP contribution >= 0.6 is 11.6 Å². The monoisotopic (exact) mass is 454 g/mol. The van der Waals surface area contributed by atoms with Crippen molar-refractivity contribution in [1.82, 2.24) is 14.8 Å². The van der Waals surface area contributed by atoms with Crippen LogP contribution in [0.4, 0.5) is 14.5 Å². The fraction of sp³-hybridized carbons (Fsp3) is 0.0870. The minimum Gasteiger partial charge on any atom is -0.487 e. The molecule has 0 radical (unpaired) electrons. The highest BCUT2D eigenvalue weighted by Crippen LogP contribution is 2.25. The van der Waals surface area contributed by atoms with E-state index in [-0.39, 0.29) is 23.1 Å². The lowest BCUT2D eigenvalue weighted by molar-refractivity contribution is 0.102. The van der Waals surface area contributed by atoms with Gasteiger partial charge in [0.25, 0.3) is 5.91 Å². The first-order valence-corrected chi connectivity index (χ1v) is 9.95. The van der Waals surface area contributed by atoms with Crippen LogP contribution in [0.25, 0.3) is 0 Å². The highest BCUT2D eigenvalue weighted by atomic mass is 35.5. The Hall–Kier alpha value is -3.78. The summed E-state index contributed by atoms with van der Waals surface area (Å²) < 4.78 is 33.4. The predicted octanol–water partition coefficient (Wildman–Crippen LogP) is 5.09. The number of pyridine rings is 1. The molecule has 2 heterocycles. The quantitative estimate of drug-likeness (QED) is 0.422. The molecule has 0 fully saturated rings. The van der Waals surface area contributed by atoms with E-state index in [1.54, 1.807) is 35.1 Å². The Morgan fingerprint density at radius 3 is 2.59 bits per heavy atom. The number of nitrogens with zero attached hydrogens (tertiary/aromatic N) is 3. The zero-order valence-electron chi connectivity index (χ0n) is 16.6. The molecule has 1 amide bonds. The molecule has 0 saturated carbocycles. The van der Waals surface area contributed by atoms with Crippen LogP contribution in [0.15, 0.2) is 73.2 Å². The maximum absolute atomic E-state index is 13.1. The molecule has 0 atom stereocenters. The minimum atomic E-state index is -0.453. The maximum atomic E-state index is 13.1. The lowest BCUT2D eigenvalue weighted by Gasteiger charge is -2.09. The Kier molecular flexibility index (Phi) is 6.42. The average Bonchev–Trinajstić information content (AvgIpc) is 3.21. The fourth-order valence-corrected chi connectivity index (χ4v) is 3.15. The Morgan fingerprint density at radius 2 is 1.81 bits per heavy atom. The van der Waals surface area contributed by atoms with Crippen molar-refractivity contribution in [3.8, 4) is 5.75 Å². The lowest BCUT2D eigenvalue weighted by atomic mass is 10.2. The van der Waals surface area contributed by atoms with Crippen LogP contribution in [0.1, 0.15) is 21.6 Å². The molecule has 162 valence electrons. The van der Waals surface area contributed by atoms with Crippen LogP contribution in [0.3, 0.4) is 0 Å². The second-order valence-electron chi connectivity index (χ2n) is 6.92. The van der Waals surface area contributed by atoms with Gasteiger partial charge in [0.1, 0.15) is 29.7 Å². The number of carbonyl (C=O) groups excluding carboxylic acids is 1. The van der Waals surface area contributed by atoms with Gasteiger partial charge in [-0.2, -0.15) is 5.10 Å². The molecule has 2 aromatic heterocycles. The summed E-state index contributed by atoms with van der Waals surface area (Å²) in [5.41, 5.74) is 2.27. The van der Waals surface area contributed by atoms with Gasteiger partial charge < -0.3 is 10.1 Å². The number of anilines is 1. The van der Waals surface area contributed by atoms with E-state index in [4.69, 9.17) is 16.3 Å². The maximum Gasteiger partial charge on any atom is 0.274 e. The third-order valence-corrected chi connectivity index (χ3v) is 4.79. The normalized spacial score (nSPS) is 10.7. The summed E-state index contributed by atoms with van der Waals surface area (Å²) in [5.74, 6) is -0.827. The molecule has 0 spiro atoms. The average molecular weight is 455 g/mol. The van der Waals surface area contributed by atoms with Crippen molar-refractivity contribution in [3.05, 3.63) is 107 Å². The van der Waals surface area contributed by atoms with Crippen molar-refractivity contribution in [2.75, 3.05) is 5.32 Å². The van der Waals surface area contributed by atoms with E-state index in [0.717, 1.165) is 5.56 Å². The van der Waals surface area contributed by atoms with E-state index in [9.17, 15) is 13.6 Å². The van der Waals surface area contributed by atoms with Gasteiger partial charge in [0, 0.05) is 12.4 Å². The molecular formula is C23H17ClF2N4O2. The van der Waals surface area contributed by atoms with Gasteiger partial charge in [-0.25, -0.2) is 8.78 Å². The Bertz CT molecular complexity index is 1240. The number of hydrogen-bond donors (Lipinski definition) is 1. The fourth-order valence-electron chi connectivity index (χ4n) is 2.93. The number of ether oxygens (including phenoxy) is 1. The Balaban J connectivity index is 1.37. The summed E-state index contributed by atoms with van der Waals surface area (Å²) in [4.78, 5) is 16.7. The summed E-state index contributed by atoms with van der Waals surface area (Å²) in [7, 11) is 0. The molecule has 0 aliphatic heterocycles. The smallest absolute Gasteiger partial charge is 0.274 e. The number of halogens is 3. The van der Waals surface area contributed by atoms with Gasteiger partial charge in [0.05, 0.1) is 23.5 Å². The molecule has 0 unspecified atom stereocenters. The summed E-state index contributed by atoms with van der Waals surface area (Å²) >= 11 is 5.96. The second-order valence-corrected chi connectivity index (χ2v) is 7.33. The van der Waals surface area contributed by atoms with Crippen LogP contribution in [0.2, 0.25) is 5.02 Å². The molecule has 32 heavy (non-hydrogen) atoms. The predicted molar refractivity (Wildman–Crippen MR) is 116 cm³/mol. The van der Waals surface area contributed by atoms with Crippen LogP contribution in [0.5, 0.6) is 5.75 Å². The van der Waals surface area contributed by atoms with Crippen molar-refractivity contribution in [2.45, 2.75) is 13.2 Å². The molecule has 2 aromatic carbocycles. The zero-order chi connectivity index (χ0) is 22.5. The topological polar surface area (TPSA) is 69.0 Å². The molecule has 0 saturated heterocycles. The molecule has 0 bridgehead atoms. The van der Waals surface area contributed by atoms with Crippen LogP contribution in [0, 0.1) is 11.6 Å². The van der Waals surface area contributed by atoms with Gasteiger partial charge in [-0.1, -0.05) is 23.7 Å². The highest BCUT2D eigenvalue weighted by Gasteiger charge is 2.11. The van der Waals surface area contributed by atoms with E-state index < -0.39 is 11.7 Å². The molecule has 6 nitrogen and oxygen atoms in total. The van der Waals surface area contributed by atoms with Gasteiger partial charge in [-0.15, -0.1) is 0 Å². The largest absolute Gasteiger partial charge is 0.487 e. The number of aromatic nitrogens is 3. The lowest BCUT2D eigenvalue weighted by Crippen LogP contribution is -2.14. The minimum absolute atomic E-state index is 0.129. The van der Waals surface area contributed by atoms with Crippen molar-refractivity contribution >= 4 is 23.2 Å². The summed E-state index contributed by atoms with van der Waals surface area (Å²) in [6, 6.07) is 13.3. The molecule has 9 heteroatoms. The van der Waals surface area contributed by atoms with E-state index in [1.165, 1.54) is 42.7 Å². The third-order valence-electron chi connectivity index (χ3n) is 4.49. The van der Waals surface area contributed by atoms with Gasteiger partial charge in [0.2, 0.25) is 0 Å². The molecular weight excluding hydrogens is 438 g/mol. The number of carbonyl (C=O) groups is 1. The molecule has 4 rings (SSSR count). The van der Waals surface area contributed by atoms with E-state index in [2.05, 4.69) is 15.4 Å². The van der Waals surface area contributed by atoms with E-state index >= 15 is 0 Å². The first kappa shape index (κ1) is 21.5. The summed E-state index contributed by atoms with van der Waals surface area (Å²) in [5, 5.41) is 7.11. The van der Waals surface area contributed by atoms with Crippen molar-refractivity contribution in [3.63, 3.8) is 0 Å². The van der Waals surface area contributed by atoms with Gasteiger partial charge in [-0.05, 0) is 53.6 Å². The van der Waals surface area contributed by atoms with Crippen LogP contribution < -0.4 is 10.1 Å². The number of hydrogen-bond acceptors (Lipinski definition) is 4. The van der Waals surface area contributed by atoms with Crippen LogP contribution in [-0.2, 0) is 13.2 Å². The third kappa shape index (κ3) is 5.47. The van der Waals surface area contributed by atoms with Crippen molar-refractivity contribution in [2.24, 2.45) is 0 Å². The van der Waals surface area contributed by atoms with E-state index in [1.807, 2.05) is 0 Å². The van der Waals surface area contributed by atoms with Gasteiger partial charge >= 0.3 is 0 Å². The first-order chi connectivity index (χ1) is 15.5. The van der Waals surface area contributed by atoms with Crippen molar-refractivity contribution < 1.29 is 18.3 Å². The molecule has 1 N–H and O–H groups in total. The van der Waals surface area contributed by atoms with Crippen molar-refractivity contribution in [1.29, 1.82) is 0 Å². The van der Waals surface area contributed by atoms with Gasteiger partial charge in [0.15, 0.2) is 0 Å². The summed E-state index contributed by atoms with van der Waals surface area (Å²) in [6.07, 6.45) is 4.69. The zero-order valence-corrected chi connectivity index (χ0v) is 17.4. The van der Waals surface area contributed by atoms with E-state index in [0.29, 0.717) is 23.5 Å². The SMILES string of the molecule is O=C(Nc1cnn(Cc2ccc(F)cc2)c1)c1cc(COc2ccc(F)cc2Cl)ccn1. The number of nitrogens with one attached hydrogen (secondary N) is 1. The molecule has 0 aliphatic carbocycles. The van der Waals surface area contributed by atoms with Gasteiger partial charge in [-0.3, -0.25) is 14.5 Å². The van der Waals surface area contributed by atoms with Crippen LogP contribution in [-0.4, -0.2) is 20.7 Å². The number of amides is 1. The highest BCUT2D eigenvalue weighted by molar-refractivity contribution is 6.32. The molecule has 0 aliphatic rings. The number of benzene rings is 2. The standard InChI is InChI=1S/C23H17ClF2N4O2/c24-20-10-18(26)5-6-22(20)32-14-16-7-8-27-21(9-16)23(31)29-19-11-28-30(13-19)12-15-1-3-17(25)4-2-15/h1-11,13H,12,14H2,(H,29,31). The Labute approximate surface area is 187 Å². The number of rotatable bonds is 7. The summed E-state index contributed by atoms with van der Waals surface area (Å²) in [6.45, 7) is 0.566. The Morgan fingerprint density at radius 1 is 1.03 bits per heavy atom. The first-order valence-electron chi connectivity index (χ1n) is 9.57. The molecule has 4 aromatic rings. The second kappa shape index (κ2) is 9.57.